The summed E-state index contributed by atoms with van der Waals surface area (Å²) in [6.07, 6.45) is -0.168. The second-order valence-electron chi connectivity index (χ2n) is 2.76. The van der Waals surface area contributed by atoms with Crippen molar-refractivity contribution < 1.29 is 17.8 Å². The van der Waals surface area contributed by atoms with Crippen LogP contribution in [0.3, 0.4) is 0 Å². The fourth-order valence-electron chi connectivity index (χ4n) is 1.13. The molecule has 7 nitrogen and oxygen atoms in total. The summed E-state index contributed by atoms with van der Waals surface area (Å²) >= 11 is 0. The van der Waals surface area contributed by atoms with E-state index in [2.05, 4.69) is 5.32 Å². The van der Waals surface area contributed by atoms with Crippen LogP contribution < -0.4 is 5.32 Å². The highest BCUT2D eigenvalue weighted by molar-refractivity contribution is 7.86. The minimum atomic E-state index is -4.21. The second kappa shape index (κ2) is 3.31. The Hall–Kier alpha value is -0.540. The summed E-state index contributed by atoms with van der Waals surface area (Å²) in [6.45, 7) is 0. The highest BCUT2D eigenvalue weighted by atomic mass is 32.2. The lowest BCUT2D eigenvalue weighted by molar-refractivity contribution is -0.114. The minimum absolute atomic E-state index is 0.557. The Bertz CT molecular complexity index is 303. The molecule has 2 N–H and O–H groups in total. The average Bonchev–Trinajstić information content (AvgIpc) is 2.28. The third kappa shape index (κ3) is 1.86. The molecule has 0 aliphatic carbocycles. The van der Waals surface area contributed by atoms with Gasteiger partial charge in [-0.25, -0.2) is 10.0 Å². The molecule has 1 rings (SSSR count). The van der Waals surface area contributed by atoms with Gasteiger partial charge in [0.25, 0.3) is 10.1 Å². The van der Waals surface area contributed by atoms with Crippen molar-refractivity contribution in [3.63, 3.8) is 0 Å². The number of nitrogens with one attached hydrogen (secondary N) is 1. The molecule has 0 bridgehead atoms. The normalized spacial score (nSPS) is 32.2. The van der Waals surface area contributed by atoms with E-state index in [9.17, 15) is 13.2 Å². The summed E-state index contributed by atoms with van der Waals surface area (Å²) < 4.78 is 30.3. The van der Waals surface area contributed by atoms with E-state index in [1.807, 2.05) is 0 Å². The molecule has 1 aliphatic rings. The van der Waals surface area contributed by atoms with E-state index >= 15 is 0 Å². The Morgan fingerprint density at radius 2 is 1.92 bits per heavy atom. The van der Waals surface area contributed by atoms with Gasteiger partial charge in [-0.3, -0.25) is 9.87 Å². The Labute approximate surface area is 76.0 Å². The van der Waals surface area contributed by atoms with Crippen LogP contribution in [-0.4, -0.2) is 55.0 Å². The predicted octanol–water partition coefficient (Wildman–Crippen LogP) is -1.94. The molecule has 1 saturated heterocycles. The number of carbonyl (C=O) groups is 1. The van der Waals surface area contributed by atoms with Gasteiger partial charge >= 0.3 is 0 Å². The fraction of sp³-hybridized carbons (Fsp3) is 0.800. The number of hydrazine groups is 1. The van der Waals surface area contributed by atoms with Gasteiger partial charge in [0, 0.05) is 14.1 Å². The van der Waals surface area contributed by atoms with E-state index in [-0.39, 0.29) is 0 Å². The molecule has 76 valence electrons. The van der Waals surface area contributed by atoms with E-state index in [1.165, 1.54) is 24.1 Å². The minimum Gasteiger partial charge on any atom is -0.300 e. The van der Waals surface area contributed by atoms with Crippen molar-refractivity contribution in [3.8, 4) is 0 Å². The summed E-state index contributed by atoms with van der Waals surface area (Å²) in [5.74, 6) is 0. The van der Waals surface area contributed by atoms with Crippen LogP contribution in [0.25, 0.3) is 0 Å². The lowest BCUT2D eigenvalue weighted by atomic mass is 10.6. The molecule has 2 atom stereocenters. The summed E-state index contributed by atoms with van der Waals surface area (Å²) in [6, 6.07) is 0. The molecule has 0 saturated carbocycles. The van der Waals surface area contributed by atoms with Crippen molar-refractivity contribution >= 4 is 16.4 Å². The molecule has 1 heterocycles. The van der Waals surface area contributed by atoms with Crippen molar-refractivity contribution in [1.29, 1.82) is 0 Å². The first-order valence-corrected chi connectivity index (χ1v) is 5.01. The number of aldehydes is 1. The highest BCUT2D eigenvalue weighted by Crippen LogP contribution is 2.13. The molecule has 2 unspecified atom stereocenters. The van der Waals surface area contributed by atoms with Crippen molar-refractivity contribution in [2.75, 3.05) is 14.1 Å². The Kier molecular flexibility index (Phi) is 2.68. The van der Waals surface area contributed by atoms with E-state index in [0.717, 1.165) is 0 Å². The summed E-state index contributed by atoms with van der Waals surface area (Å²) in [7, 11) is -1.22. The first kappa shape index (κ1) is 10.5. The zero-order valence-electron chi connectivity index (χ0n) is 7.21. The zero-order chi connectivity index (χ0) is 10.2. The first-order chi connectivity index (χ1) is 5.88. The highest BCUT2D eigenvalue weighted by Gasteiger charge is 2.40. The van der Waals surface area contributed by atoms with Crippen LogP contribution in [0.15, 0.2) is 0 Å². The lowest BCUT2D eigenvalue weighted by Crippen LogP contribution is -2.42. The van der Waals surface area contributed by atoms with Crippen LogP contribution in [0, 0.1) is 0 Å². The lowest BCUT2D eigenvalue weighted by Gasteiger charge is -2.22. The van der Waals surface area contributed by atoms with Crippen LogP contribution in [-0.2, 0) is 14.9 Å². The maximum absolute atomic E-state index is 10.8. The maximum Gasteiger partial charge on any atom is 0.296 e. The standard InChI is InChI=1S/C5H11N3O4S/c1-7-4(3-9)6-5(8(7)2)13(10,11)12/h3-6H,1-2H3,(H,10,11,12). The first-order valence-electron chi connectivity index (χ1n) is 3.51. The van der Waals surface area contributed by atoms with Gasteiger partial charge < -0.3 is 4.79 Å². The average molecular weight is 209 g/mol. The molecular formula is C5H11N3O4S. The van der Waals surface area contributed by atoms with Gasteiger partial charge in [0.05, 0.1) is 0 Å². The van der Waals surface area contributed by atoms with Crippen molar-refractivity contribution in [1.82, 2.24) is 15.3 Å². The number of hydrogen-bond acceptors (Lipinski definition) is 6. The SMILES string of the molecule is CN1C(C=O)NC(S(=O)(=O)O)N1C. The monoisotopic (exact) mass is 209 g/mol. The molecule has 0 aromatic carbocycles. The Balaban J connectivity index is 2.90. The van der Waals surface area contributed by atoms with Crippen LogP contribution in [0.1, 0.15) is 0 Å². The molecule has 0 radical (unpaired) electrons. The molecule has 0 aromatic heterocycles. The van der Waals surface area contributed by atoms with E-state index in [4.69, 9.17) is 4.55 Å². The topological polar surface area (TPSA) is 90.0 Å². The van der Waals surface area contributed by atoms with Gasteiger partial charge in [0.2, 0.25) is 5.50 Å². The number of likely N-dealkylation sites (N-methyl/N-ethyl adjacent to an activating group) is 1. The van der Waals surface area contributed by atoms with Gasteiger partial charge in [-0.15, -0.1) is 0 Å². The van der Waals surface area contributed by atoms with Gasteiger partial charge in [-0.1, -0.05) is 0 Å². The van der Waals surface area contributed by atoms with Crippen LogP contribution in [0.4, 0.5) is 0 Å². The predicted molar refractivity (Wildman–Crippen MR) is 43.9 cm³/mol. The molecule has 1 fully saturated rings. The molecule has 0 spiro atoms. The number of hydrogen-bond donors (Lipinski definition) is 2. The van der Waals surface area contributed by atoms with Gasteiger partial charge in [0.15, 0.2) is 6.29 Å². The van der Waals surface area contributed by atoms with Gasteiger partial charge in [-0.2, -0.15) is 8.42 Å². The molecule has 0 aromatic rings. The molecule has 13 heavy (non-hydrogen) atoms. The van der Waals surface area contributed by atoms with E-state index in [0.29, 0.717) is 6.29 Å². The smallest absolute Gasteiger partial charge is 0.296 e. The summed E-state index contributed by atoms with van der Waals surface area (Å²) in [4.78, 5) is 10.4. The van der Waals surface area contributed by atoms with E-state index < -0.39 is 21.8 Å². The van der Waals surface area contributed by atoms with Crippen molar-refractivity contribution in [3.05, 3.63) is 0 Å². The molecule has 8 heteroatoms. The van der Waals surface area contributed by atoms with Crippen LogP contribution in [0.5, 0.6) is 0 Å². The largest absolute Gasteiger partial charge is 0.300 e. The van der Waals surface area contributed by atoms with Crippen LogP contribution >= 0.6 is 0 Å². The van der Waals surface area contributed by atoms with Gasteiger partial charge in [0.1, 0.15) is 6.17 Å². The molecule has 0 amide bonds. The van der Waals surface area contributed by atoms with Crippen LogP contribution in [0.2, 0.25) is 0 Å². The third-order valence-electron chi connectivity index (χ3n) is 1.96. The molecule has 1 aliphatic heterocycles. The number of carbonyl (C=O) groups excluding carboxylic acids is 1. The van der Waals surface area contributed by atoms with Crippen molar-refractivity contribution in [2.24, 2.45) is 0 Å². The number of nitrogens with zero attached hydrogens (tertiary/aromatic N) is 2. The summed E-state index contributed by atoms with van der Waals surface area (Å²) in [5, 5.41) is 5.04. The fourth-order valence-corrected chi connectivity index (χ4v) is 1.98. The van der Waals surface area contributed by atoms with Gasteiger partial charge in [-0.05, 0) is 0 Å². The maximum atomic E-state index is 10.8. The van der Waals surface area contributed by atoms with Crippen molar-refractivity contribution in [2.45, 2.75) is 11.7 Å². The Morgan fingerprint density at radius 3 is 2.15 bits per heavy atom. The van der Waals surface area contributed by atoms with E-state index in [1.54, 1.807) is 0 Å². The second-order valence-corrected chi connectivity index (χ2v) is 4.24. The molecular weight excluding hydrogens is 198 g/mol. The quantitative estimate of drug-likeness (QED) is 0.404. The Morgan fingerprint density at radius 1 is 1.38 bits per heavy atom. The zero-order valence-corrected chi connectivity index (χ0v) is 8.02. The third-order valence-corrected chi connectivity index (χ3v) is 2.97. The summed E-state index contributed by atoms with van der Waals surface area (Å²) in [5.41, 5.74) is -1.26. The number of rotatable bonds is 2.